The molecule has 0 bridgehead atoms. The van der Waals surface area contributed by atoms with Gasteiger partial charge in [0, 0.05) is 6.42 Å². The van der Waals surface area contributed by atoms with E-state index in [9.17, 15) is 19.2 Å². The molecule has 1 saturated heterocycles. The van der Waals surface area contributed by atoms with Gasteiger partial charge >= 0.3 is 23.9 Å². The summed E-state index contributed by atoms with van der Waals surface area (Å²) in [4.78, 5) is 40.1. The minimum absolute atomic E-state index is 0.0231. The van der Waals surface area contributed by atoms with Gasteiger partial charge in [-0.1, -0.05) is 0 Å². The normalized spacial score (nSPS) is 17.4. The van der Waals surface area contributed by atoms with Crippen LogP contribution in [0.15, 0.2) is 0 Å². The lowest BCUT2D eigenvalue weighted by atomic mass is 10.2. The van der Waals surface area contributed by atoms with E-state index in [1.807, 2.05) is 0 Å². The fourth-order valence-electron chi connectivity index (χ4n) is 1.76. The first-order chi connectivity index (χ1) is 12.5. The molecule has 0 radical (unpaired) electrons. The van der Waals surface area contributed by atoms with E-state index in [1.165, 1.54) is 0 Å². The molecular weight excluding hydrogens is 364 g/mol. The number of carboxylic acid groups (broad SMARTS) is 4. The molecular formula is C15H30N4O8. The second-order valence-electron chi connectivity index (χ2n) is 5.74. The fraction of sp³-hybridized carbons (Fsp3) is 0.733. The van der Waals surface area contributed by atoms with Gasteiger partial charge in [0.15, 0.2) is 0 Å². The van der Waals surface area contributed by atoms with Crippen molar-refractivity contribution in [3.05, 3.63) is 0 Å². The number of aliphatic carboxylic acids is 4. The number of nitrogens with two attached hydrogens (primary N) is 3. The molecule has 27 heavy (non-hydrogen) atoms. The summed E-state index contributed by atoms with van der Waals surface area (Å²) in [7, 11) is 0. The van der Waals surface area contributed by atoms with Crippen LogP contribution in [0.5, 0.6) is 0 Å². The smallest absolute Gasteiger partial charge is 0.320 e. The van der Waals surface area contributed by atoms with Crippen LogP contribution in [-0.4, -0.2) is 75.5 Å². The summed E-state index contributed by atoms with van der Waals surface area (Å²) in [6.45, 7) is 1.36. The topological polar surface area (TPSA) is 239 Å². The van der Waals surface area contributed by atoms with Crippen LogP contribution in [0.1, 0.15) is 38.5 Å². The van der Waals surface area contributed by atoms with Gasteiger partial charge in [0.05, 0.1) is 0 Å². The Labute approximate surface area is 156 Å². The molecule has 12 nitrogen and oxygen atoms in total. The average molecular weight is 394 g/mol. The molecule has 12 heteroatoms. The van der Waals surface area contributed by atoms with Crippen molar-refractivity contribution in [3.63, 3.8) is 0 Å². The Bertz CT molecular complexity index is 469. The van der Waals surface area contributed by atoms with Gasteiger partial charge < -0.3 is 42.9 Å². The quantitative estimate of drug-likeness (QED) is 0.216. The second-order valence-corrected chi connectivity index (χ2v) is 5.74. The molecule has 0 spiro atoms. The maximum atomic E-state index is 10.1. The summed E-state index contributed by atoms with van der Waals surface area (Å²) in [5.74, 6) is -3.87. The zero-order valence-corrected chi connectivity index (χ0v) is 15.0. The Balaban J connectivity index is 0. The predicted molar refractivity (Wildman–Crippen MR) is 95.0 cm³/mol. The van der Waals surface area contributed by atoms with Gasteiger partial charge in [0.25, 0.3) is 0 Å². The Morgan fingerprint density at radius 1 is 0.963 bits per heavy atom. The molecule has 11 N–H and O–H groups in total. The number of carboxylic acids is 4. The number of hydrogen-bond donors (Lipinski definition) is 8. The van der Waals surface area contributed by atoms with Crippen molar-refractivity contribution in [3.8, 4) is 0 Å². The van der Waals surface area contributed by atoms with E-state index in [4.69, 9.17) is 37.6 Å². The second kappa shape index (κ2) is 15.9. The molecule has 0 aromatic carbocycles. The summed E-state index contributed by atoms with van der Waals surface area (Å²) in [6, 6.07) is -2.07. The van der Waals surface area contributed by atoms with Crippen molar-refractivity contribution in [1.82, 2.24) is 5.32 Å². The summed E-state index contributed by atoms with van der Waals surface area (Å²) >= 11 is 0. The fourth-order valence-corrected chi connectivity index (χ4v) is 1.76. The van der Waals surface area contributed by atoms with Gasteiger partial charge in [-0.05, 0) is 45.2 Å². The number of hydrogen-bond acceptors (Lipinski definition) is 8. The predicted octanol–water partition coefficient (Wildman–Crippen LogP) is -1.78. The summed E-state index contributed by atoms with van der Waals surface area (Å²) in [6.07, 6.45) is 2.70. The van der Waals surface area contributed by atoms with E-state index < -0.39 is 36.0 Å². The van der Waals surface area contributed by atoms with Gasteiger partial charge in [-0.15, -0.1) is 0 Å². The first-order valence-corrected chi connectivity index (χ1v) is 8.37. The molecule has 0 aromatic rings. The van der Waals surface area contributed by atoms with E-state index >= 15 is 0 Å². The Hall–Kier alpha value is -2.28. The van der Waals surface area contributed by atoms with Crippen molar-refractivity contribution < 1.29 is 39.6 Å². The molecule has 158 valence electrons. The maximum absolute atomic E-state index is 10.1. The van der Waals surface area contributed by atoms with Crippen LogP contribution >= 0.6 is 0 Å². The van der Waals surface area contributed by atoms with Gasteiger partial charge in [0.1, 0.15) is 18.1 Å². The highest BCUT2D eigenvalue weighted by Gasteiger charge is 2.20. The first-order valence-electron chi connectivity index (χ1n) is 8.37. The van der Waals surface area contributed by atoms with Crippen molar-refractivity contribution in [2.45, 2.75) is 56.7 Å². The third kappa shape index (κ3) is 16.9. The van der Waals surface area contributed by atoms with E-state index in [0.717, 1.165) is 19.4 Å². The molecule has 1 heterocycles. The molecule has 0 saturated carbocycles. The highest BCUT2D eigenvalue weighted by molar-refractivity contribution is 5.75. The molecule has 1 fully saturated rings. The van der Waals surface area contributed by atoms with Gasteiger partial charge in [-0.25, -0.2) is 0 Å². The summed E-state index contributed by atoms with van der Waals surface area (Å²) < 4.78 is 0. The molecule has 0 aliphatic carbocycles. The maximum Gasteiger partial charge on any atom is 0.320 e. The van der Waals surface area contributed by atoms with Gasteiger partial charge in [0.2, 0.25) is 0 Å². The summed E-state index contributed by atoms with van der Waals surface area (Å²) in [5, 5.41) is 35.7. The van der Waals surface area contributed by atoms with Crippen LogP contribution in [0.4, 0.5) is 0 Å². The number of nitrogens with one attached hydrogen (secondary N) is 1. The molecule has 0 aromatic heterocycles. The molecule has 3 atom stereocenters. The van der Waals surface area contributed by atoms with E-state index in [2.05, 4.69) is 5.32 Å². The lowest BCUT2D eigenvalue weighted by Gasteiger charge is -2.02. The van der Waals surface area contributed by atoms with Crippen molar-refractivity contribution >= 4 is 23.9 Å². The summed E-state index contributed by atoms with van der Waals surface area (Å²) in [5.41, 5.74) is 15.3. The van der Waals surface area contributed by atoms with Crippen LogP contribution in [0.3, 0.4) is 0 Å². The Kier molecular flexibility index (Phi) is 15.9. The molecule has 0 amide bonds. The van der Waals surface area contributed by atoms with Gasteiger partial charge in [-0.3, -0.25) is 19.2 Å². The van der Waals surface area contributed by atoms with Crippen molar-refractivity contribution in [2.75, 3.05) is 13.1 Å². The van der Waals surface area contributed by atoms with E-state index in [0.29, 0.717) is 19.4 Å². The number of rotatable bonds is 9. The largest absolute Gasteiger partial charge is 0.481 e. The van der Waals surface area contributed by atoms with Crippen LogP contribution < -0.4 is 22.5 Å². The zero-order chi connectivity index (χ0) is 21.4. The van der Waals surface area contributed by atoms with Crippen LogP contribution in [0, 0.1) is 0 Å². The zero-order valence-electron chi connectivity index (χ0n) is 15.0. The van der Waals surface area contributed by atoms with Crippen LogP contribution in [0.2, 0.25) is 0 Å². The molecule has 1 aliphatic heterocycles. The van der Waals surface area contributed by atoms with Crippen LogP contribution in [-0.2, 0) is 19.2 Å². The first kappa shape index (κ1) is 26.9. The number of carbonyl (C=O) groups is 4. The third-order valence-corrected chi connectivity index (χ3v) is 3.38. The molecule has 1 rings (SSSR count). The minimum atomic E-state index is -1.17. The lowest BCUT2D eigenvalue weighted by Crippen LogP contribution is -2.30. The van der Waals surface area contributed by atoms with Crippen LogP contribution in [0.25, 0.3) is 0 Å². The SMILES string of the molecule is NC(CCC(=O)O)C(=O)O.NCCCC(N)C(=O)O.O=C(O)[C@@H]1CCCN1. The monoisotopic (exact) mass is 394 g/mol. The molecule has 2 unspecified atom stereocenters. The Morgan fingerprint density at radius 2 is 1.48 bits per heavy atom. The van der Waals surface area contributed by atoms with Crippen molar-refractivity contribution in [2.24, 2.45) is 17.2 Å². The average Bonchev–Trinajstić information content (AvgIpc) is 3.13. The standard InChI is InChI=1S/C5H12N2O2.C5H9NO4.C5H9NO2/c6-3-1-2-4(7)5(8)9;6-3(5(9)10)1-2-4(7)8;7-5(8)4-2-1-3-6-4/h4H,1-3,6-7H2,(H,8,9);3H,1-2,6H2,(H,7,8)(H,9,10);4,6H,1-3H2,(H,7,8)/t;;4-/m..0/s1. The van der Waals surface area contributed by atoms with E-state index in [-0.39, 0.29) is 18.9 Å². The molecule has 1 aliphatic rings. The lowest BCUT2D eigenvalue weighted by molar-refractivity contribution is -0.141. The minimum Gasteiger partial charge on any atom is -0.481 e. The van der Waals surface area contributed by atoms with E-state index in [1.54, 1.807) is 0 Å². The van der Waals surface area contributed by atoms with Gasteiger partial charge in [-0.2, -0.15) is 0 Å². The van der Waals surface area contributed by atoms with Crippen molar-refractivity contribution in [1.29, 1.82) is 0 Å². The highest BCUT2D eigenvalue weighted by atomic mass is 16.4. The highest BCUT2D eigenvalue weighted by Crippen LogP contribution is 2.03. The third-order valence-electron chi connectivity index (χ3n) is 3.38. The Morgan fingerprint density at radius 3 is 1.78 bits per heavy atom.